The van der Waals surface area contributed by atoms with Crippen molar-refractivity contribution in [1.82, 2.24) is 15.1 Å². The zero-order valence-corrected chi connectivity index (χ0v) is 17.7. The van der Waals surface area contributed by atoms with E-state index in [1.54, 1.807) is 7.11 Å². The third kappa shape index (κ3) is 8.00. The Balaban J connectivity index is 0.00000288. The maximum absolute atomic E-state index is 12.8. The number of halogens is 2. The molecule has 2 heterocycles. The Bertz CT molecular complexity index is 358. The maximum atomic E-state index is 12.8. The number of amides is 1. The molecule has 0 spiro atoms. The van der Waals surface area contributed by atoms with Gasteiger partial charge in [0, 0.05) is 45.2 Å². The van der Waals surface area contributed by atoms with E-state index in [-0.39, 0.29) is 24.8 Å². The van der Waals surface area contributed by atoms with E-state index in [4.69, 9.17) is 4.74 Å². The van der Waals surface area contributed by atoms with Crippen LogP contribution < -0.4 is 5.32 Å². The second-order valence-corrected chi connectivity index (χ2v) is 7.08. The number of likely N-dealkylation sites (N-methyl/N-ethyl adjacent to an activating group) is 1. The van der Waals surface area contributed by atoms with E-state index < -0.39 is 0 Å². The van der Waals surface area contributed by atoms with Gasteiger partial charge in [0.1, 0.15) is 0 Å². The monoisotopic (exact) mass is 397 g/mol. The highest BCUT2D eigenvalue weighted by Gasteiger charge is 2.34. The average Bonchev–Trinajstić information content (AvgIpc) is 2.89. The standard InChI is InChI=1S/C18H35N3O2.2ClH/c1-4-20(5-2)8-9-21(10-11-23-3)18(22)14-15-12-16-6-7-17(13-15)19-16;;/h15-17,19H,4-14H2,1-3H3;2*1H. The second kappa shape index (κ2) is 13.2. The van der Waals surface area contributed by atoms with Crippen LogP contribution in [0.2, 0.25) is 0 Å². The second-order valence-electron chi connectivity index (χ2n) is 7.08. The van der Waals surface area contributed by atoms with Crippen molar-refractivity contribution < 1.29 is 9.53 Å². The Labute approximate surface area is 166 Å². The highest BCUT2D eigenvalue weighted by molar-refractivity contribution is 5.85. The topological polar surface area (TPSA) is 44.8 Å². The fourth-order valence-corrected chi connectivity index (χ4v) is 4.08. The first-order valence-corrected chi connectivity index (χ1v) is 9.41. The van der Waals surface area contributed by atoms with Gasteiger partial charge in [0.05, 0.1) is 6.61 Å². The van der Waals surface area contributed by atoms with Gasteiger partial charge >= 0.3 is 0 Å². The number of hydrogen-bond donors (Lipinski definition) is 1. The number of carbonyl (C=O) groups excluding carboxylic acids is 1. The van der Waals surface area contributed by atoms with Crippen LogP contribution in [0.3, 0.4) is 0 Å². The molecule has 2 bridgehead atoms. The molecule has 0 radical (unpaired) electrons. The van der Waals surface area contributed by atoms with Crippen LogP contribution in [0.5, 0.6) is 0 Å². The number of methoxy groups -OCH3 is 1. The van der Waals surface area contributed by atoms with Crippen LogP contribution in [0.1, 0.15) is 46.0 Å². The lowest BCUT2D eigenvalue weighted by Gasteiger charge is -2.31. The Morgan fingerprint density at radius 2 is 1.64 bits per heavy atom. The van der Waals surface area contributed by atoms with Crippen molar-refractivity contribution in [3.63, 3.8) is 0 Å². The van der Waals surface area contributed by atoms with Crippen molar-refractivity contribution >= 4 is 30.7 Å². The molecule has 2 saturated heterocycles. The summed E-state index contributed by atoms with van der Waals surface area (Å²) >= 11 is 0. The van der Waals surface area contributed by atoms with Crippen molar-refractivity contribution in [2.45, 2.75) is 58.0 Å². The largest absolute Gasteiger partial charge is 0.383 e. The average molecular weight is 398 g/mol. The van der Waals surface area contributed by atoms with Gasteiger partial charge in [-0.25, -0.2) is 0 Å². The Morgan fingerprint density at radius 1 is 1.04 bits per heavy atom. The summed E-state index contributed by atoms with van der Waals surface area (Å²) in [6.45, 7) is 9.56. The summed E-state index contributed by atoms with van der Waals surface area (Å²) in [4.78, 5) is 17.2. The predicted molar refractivity (Wildman–Crippen MR) is 108 cm³/mol. The molecule has 0 aromatic heterocycles. The van der Waals surface area contributed by atoms with Crippen molar-refractivity contribution in [3.05, 3.63) is 0 Å². The zero-order chi connectivity index (χ0) is 16.7. The number of piperidine rings is 1. The first-order valence-electron chi connectivity index (χ1n) is 9.41. The molecule has 0 aromatic carbocycles. The van der Waals surface area contributed by atoms with E-state index in [0.717, 1.165) is 32.6 Å². The van der Waals surface area contributed by atoms with Crippen LogP contribution in [0.4, 0.5) is 0 Å². The van der Waals surface area contributed by atoms with Crippen molar-refractivity contribution in [2.75, 3.05) is 46.4 Å². The molecule has 0 aliphatic carbocycles. The van der Waals surface area contributed by atoms with E-state index in [1.807, 2.05) is 4.90 Å². The van der Waals surface area contributed by atoms with E-state index in [2.05, 4.69) is 24.1 Å². The number of fused-ring (bicyclic) bond motifs is 2. The van der Waals surface area contributed by atoms with Gasteiger partial charge in [-0.1, -0.05) is 13.8 Å². The number of rotatable bonds is 10. The number of hydrogen-bond acceptors (Lipinski definition) is 4. The lowest BCUT2D eigenvalue weighted by molar-refractivity contribution is -0.133. The highest BCUT2D eigenvalue weighted by atomic mass is 35.5. The molecule has 2 fully saturated rings. The molecular weight excluding hydrogens is 361 g/mol. The van der Waals surface area contributed by atoms with Gasteiger partial charge in [0.15, 0.2) is 0 Å². The molecule has 2 aliphatic rings. The molecule has 2 unspecified atom stereocenters. The summed E-state index contributed by atoms with van der Waals surface area (Å²) < 4.78 is 5.20. The Kier molecular flexibility index (Phi) is 13.1. The van der Waals surface area contributed by atoms with Crippen LogP contribution in [-0.2, 0) is 9.53 Å². The van der Waals surface area contributed by atoms with Crippen LogP contribution in [0.15, 0.2) is 0 Å². The minimum absolute atomic E-state index is 0. The predicted octanol–water partition coefficient (Wildman–Crippen LogP) is 2.57. The van der Waals surface area contributed by atoms with Crippen LogP contribution in [0, 0.1) is 5.92 Å². The van der Waals surface area contributed by atoms with Gasteiger partial charge in [0.2, 0.25) is 5.91 Å². The van der Waals surface area contributed by atoms with E-state index in [0.29, 0.717) is 37.1 Å². The Hall–Kier alpha value is -0.0700. The normalized spacial score (nSPS) is 24.6. The first kappa shape index (κ1) is 24.9. The molecule has 7 heteroatoms. The quantitative estimate of drug-likeness (QED) is 0.615. The molecular formula is C18H37Cl2N3O2. The molecule has 1 N–H and O–H groups in total. The molecule has 0 aromatic rings. The first-order chi connectivity index (χ1) is 11.2. The van der Waals surface area contributed by atoms with Gasteiger partial charge < -0.3 is 19.9 Å². The van der Waals surface area contributed by atoms with Crippen molar-refractivity contribution in [2.24, 2.45) is 5.92 Å². The third-order valence-corrected chi connectivity index (χ3v) is 5.53. The summed E-state index contributed by atoms with van der Waals surface area (Å²) in [5, 5.41) is 3.66. The number of ether oxygens (including phenoxy) is 1. The van der Waals surface area contributed by atoms with Gasteiger partial charge in [-0.05, 0) is 44.7 Å². The summed E-state index contributed by atoms with van der Waals surface area (Å²) in [7, 11) is 1.71. The molecule has 2 aliphatic heterocycles. The van der Waals surface area contributed by atoms with Gasteiger partial charge in [-0.3, -0.25) is 4.79 Å². The van der Waals surface area contributed by atoms with E-state index in [1.165, 1.54) is 25.7 Å². The smallest absolute Gasteiger partial charge is 0.222 e. The maximum Gasteiger partial charge on any atom is 0.222 e. The number of nitrogens with one attached hydrogen (secondary N) is 1. The van der Waals surface area contributed by atoms with E-state index in [9.17, 15) is 4.79 Å². The summed E-state index contributed by atoms with van der Waals surface area (Å²) in [6.07, 6.45) is 5.67. The summed E-state index contributed by atoms with van der Waals surface area (Å²) in [6, 6.07) is 1.32. The molecule has 0 saturated carbocycles. The molecule has 150 valence electrons. The van der Waals surface area contributed by atoms with Crippen LogP contribution in [0.25, 0.3) is 0 Å². The SMILES string of the molecule is CCN(CC)CCN(CCOC)C(=O)CC1CC2CCC(C1)N2.Cl.Cl. The van der Waals surface area contributed by atoms with E-state index >= 15 is 0 Å². The lowest BCUT2D eigenvalue weighted by atomic mass is 9.89. The van der Waals surface area contributed by atoms with Gasteiger partial charge in [-0.15, -0.1) is 24.8 Å². The number of nitrogens with zero attached hydrogens (tertiary/aromatic N) is 2. The fourth-order valence-electron chi connectivity index (χ4n) is 4.08. The van der Waals surface area contributed by atoms with Crippen molar-refractivity contribution in [3.8, 4) is 0 Å². The number of carbonyl (C=O) groups is 1. The van der Waals surface area contributed by atoms with Gasteiger partial charge in [-0.2, -0.15) is 0 Å². The molecule has 5 nitrogen and oxygen atoms in total. The minimum atomic E-state index is 0. The molecule has 2 atom stereocenters. The highest BCUT2D eigenvalue weighted by Crippen LogP contribution is 2.32. The van der Waals surface area contributed by atoms with Crippen LogP contribution >= 0.6 is 24.8 Å². The van der Waals surface area contributed by atoms with Gasteiger partial charge in [0.25, 0.3) is 0 Å². The molecule has 1 amide bonds. The zero-order valence-electron chi connectivity index (χ0n) is 16.0. The minimum Gasteiger partial charge on any atom is -0.383 e. The summed E-state index contributed by atoms with van der Waals surface area (Å²) in [5.41, 5.74) is 0. The lowest BCUT2D eigenvalue weighted by Crippen LogP contribution is -2.43. The van der Waals surface area contributed by atoms with Crippen LogP contribution in [-0.4, -0.2) is 74.2 Å². The molecule has 25 heavy (non-hydrogen) atoms. The Morgan fingerprint density at radius 3 is 2.16 bits per heavy atom. The fraction of sp³-hybridized carbons (Fsp3) is 0.944. The molecule has 2 rings (SSSR count). The summed E-state index contributed by atoms with van der Waals surface area (Å²) in [5.74, 6) is 0.889. The third-order valence-electron chi connectivity index (χ3n) is 5.53. The van der Waals surface area contributed by atoms with Crippen molar-refractivity contribution in [1.29, 1.82) is 0 Å².